The first-order chi connectivity index (χ1) is 12.9. The lowest BCUT2D eigenvalue weighted by Crippen LogP contribution is -2.49. The molecule has 2 amide bonds. The molecule has 0 saturated heterocycles. The largest absolute Gasteiger partial charge is 0.496 e. The normalized spacial score (nSPS) is 13.2. The Hall–Kier alpha value is -2.82. The van der Waals surface area contributed by atoms with E-state index < -0.39 is 5.41 Å². The lowest BCUT2D eigenvalue weighted by atomic mass is 9.90. The summed E-state index contributed by atoms with van der Waals surface area (Å²) in [6.45, 7) is 4.45. The van der Waals surface area contributed by atoms with Crippen LogP contribution in [0, 0.1) is 5.41 Å². The predicted molar refractivity (Wildman–Crippen MR) is 106 cm³/mol. The molecule has 2 aromatic rings. The van der Waals surface area contributed by atoms with Crippen molar-refractivity contribution in [2.24, 2.45) is 5.41 Å². The van der Waals surface area contributed by atoms with Crippen molar-refractivity contribution in [1.29, 1.82) is 0 Å². The Bertz CT molecular complexity index is 845. The molecule has 2 aromatic carbocycles. The number of nitrogens with one attached hydrogen (secondary N) is 1. The Morgan fingerprint density at radius 3 is 2.59 bits per heavy atom. The summed E-state index contributed by atoms with van der Waals surface area (Å²) in [6.07, 6.45) is 1.47. The van der Waals surface area contributed by atoms with Gasteiger partial charge in [0.1, 0.15) is 11.2 Å². The molecule has 0 spiro atoms. The Morgan fingerprint density at radius 2 is 1.81 bits per heavy atom. The molecule has 5 nitrogen and oxygen atoms in total. The Kier molecular flexibility index (Phi) is 5.49. The molecule has 1 aliphatic rings. The van der Waals surface area contributed by atoms with Crippen LogP contribution in [-0.2, 0) is 22.4 Å². The summed E-state index contributed by atoms with van der Waals surface area (Å²) < 4.78 is 5.34. The summed E-state index contributed by atoms with van der Waals surface area (Å²) in [5.74, 6) is 0.379. The molecule has 0 atom stereocenters. The van der Waals surface area contributed by atoms with Crippen molar-refractivity contribution in [3.05, 3.63) is 59.7 Å². The van der Waals surface area contributed by atoms with Crippen LogP contribution in [0.25, 0.3) is 0 Å². The predicted octanol–water partition coefficient (Wildman–Crippen LogP) is 2.97. The highest BCUT2D eigenvalue weighted by Crippen LogP contribution is 2.32. The first-order valence-corrected chi connectivity index (χ1v) is 9.25. The number of amides is 2. The van der Waals surface area contributed by atoms with Gasteiger partial charge in [-0.15, -0.1) is 0 Å². The summed E-state index contributed by atoms with van der Waals surface area (Å²) in [7, 11) is 1.63. The van der Waals surface area contributed by atoms with E-state index in [1.165, 1.54) is 0 Å². The van der Waals surface area contributed by atoms with Crippen molar-refractivity contribution in [3.8, 4) is 5.75 Å². The number of rotatable bonds is 6. The number of ether oxygens (including phenoxy) is 1. The highest BCUT2D eigenvalue weighted by molar-refractivity contribution is 6.11. The van der Waals surface area contributed by atoms with E-state index in [4.69, 9.17) is 4.74 Å². The maximum absolute atomic E-state index is 13.0. The molecule has 0 bridgehead atoms. The average Bonchev–Trinajstić information content (AvgIpc) is 3.11. The third-order valence-corrected chi connectivity index (χ3v) is 5.11. The number of carbonyl (C=O) groups excluding carboxylic acids is 2. The van der Waals surface area contributed by atoms with Gasteiger partial charge >= 0.3 is 0 Å². The topological polar surface area (TPSA) is 58.6 Å². The van der Waals surface area contributed by atoms with Crippen LogP contribution in [0.15, 0.2) is 48.5 Å². The number of hydrogen-bond donors (Lipinski definition) is 1. The SMILES string of the molecule is COc1ccccc1CCNC(=O)C(C)(C)C(=O)N1CCc2ccccc21. The molecule has 1 aliphatic heterocycles. The molecule has 0 aliphatic carbocycles. The second kappa shape index (κ2) is 7.82. The Balaban J connectivity index is 1.63. The first kappa shape index (κ1) is 19.0. The quantitative estimate of drug-likeness (QED) is 0.800. The lowest BCUT2D eigenvalue weighted by Gasteiger charge is -2.28. The van der Waals surface area contributed by atoms with Crippen LogP contribution in [0.4, 0.5) is 5.69 Å². The molecule has 0 unspecified atom stereocenters. The first-order valence-electron chi connectivity index (χ1n) is 9.25. The van der Waals surface area contributed by atoms with Crippen LogP contribution in [0.2, 0.25) is 0 Å². The van der Waals surface area contributed by atoms with Gasteiger partial charge in [-0.25, -0.2) is 0 Å². The van der Waals surface area contributed by atoms with E-state index in [1.807, 2.05) is 48.5 Å². The fraction of sp³-hybridized carbons (Fsp3) is 0.364. The van der Waals surface area contributed by atoms with Crippen LogP contribution in [0.3, 0.4) is 0 Å². The van der Waals surface area contributed by atoms with Gasteiger partial charge in [0.05, 0.1) is 7.11 Å². The van der Waals surface area contributed by atoms with Gasteiger partial charge in [0.2, 0.25) is 11.8 Å². The summed E-state index contributed by atoms with van der Waals surface area (Å²) >= 11 is 0. The lowest BCUT2D eigenvalue weighted by molar-refractivity contribution is -0.139. The smallest absolute Gasteiger partial charge is 0.242 e. The monoisotopic (exact) mass is 366 g/mol. The number of methoxy groups -OCH3 is 1. The number of nitrogens with zero attached hydrogens (tertiary/aromatic N) is 1. The van der Waals surface area contributed by atoms with Gasteiger partial charge in [-0.3, -0.25) is 9.59 Å². The van der Waals surface area contributed by atoms with Crippen molar-refractivity contribution in [1.82, 2.24) is 5.32 Å². The zero-order chi connectivity index (χ0) is 19.4. The summed E-state index contributed by atoms with van der Waals surface area (Å²) in [5, 5.41) is 2.91. The van der Waals surface area contributed by atoms with Crippen molar-refractivity contribution in [3.63, 3.8) is 0 Å². The molecule has 3 rings (SSSR count). The molecule has 1 heterocycles. The standard InChI is InChI=1S/C22H26N2O3/c1-22(2,21(26)24-15-13-16-8-4-6-10-18(16)24)20(25)23-14-12-17-9-5-7-11-19(17)27-3/h4-11H,12-15H2,1-3H3,(H,23,25). The number of para-hydroxylation sites is 2. The maximum Gasteiger partial charge on any atom is 0.242 e. The Labute approximate surface area is 160 Å². The maximum atomic E-state index is 13.0. The van der Waals surface area contributed by atoms with E-state index in [1.54, 1.807) is 25.9 Å². The van der Waals surface area contributed by atoms with Crippen LogP contribution in [-0.4, -0.2) is 32.0 Å². The second-order valence-electron chi connectivity index (χ2n) is 7.28. The fourth-order valence-electron chi connectivity index (χ4n) is 3.42. The number of fused-ring (bicyclic) bond motifs is 1. The van der Waals surface area contributed by atoms with E-state index in [2.05, 4.69) is 5.32 Å². The number of benzene rings is 2. The van der Waals surface area contributed by atoms with Crippen molar-refractivity contribution < 1.29 is 14.3 Å². The zero-order valence-corrected chi connectivity index (χ0v) is 16.1. The molecule has 0 radical (unpaired) electrons. The molecule has 0 fully saturated rings. The van der Waals surface area contributed by atoms with E-state index >= 15 is 0 Å². The van der Waals surface area contributed by atoms with E-state index in [-0.39, 0.29) is 11.8 Å². The summed E-state index contributed by atoms with van der Waals surface area (Å²) in [6, 6.07) is 15.6. The van der Waals surface area contributed by atoms with Crippen LogP contribution >= 0.6 is 0 Å². The van der Waals surface area contributed by atoms with Crippen LogP contribution in [0.1, 0.15) is 25.0 Å². The number of carbonyl (C=O) groups is 2. The second-order valence-corrected chi connectivity index (χ2v) is 7.28. The molecule has 27 heavy (non-hydrogen) atoms. The van der Waals surface area contributed by atoms with Gasteiger partial charge in [-0.1, -0.05) is 36.4 Å². The van der Waals surface area contributed by atoms with Gasteiger partial charge in [0.15, 0.2) is 0 Å². The molecule has 0 saturated carbocycles. The van der Waals surface area contributed by atoms with Gasteiger partial charge in [-0.2, -0.15) is 0 Å². The highest BCUT2D eigenvalue weighted by atomic mass is 16.5. The average molecular weight is 366 g/mol. The van der Waals surface area contributed by atoms with Crippen LogP contribution < -0.4 is 15.0 Å². The third kappa shape index (κ3) is 3.82. The number of anilines is 1. The molecule has 1 N–H and O–H groups in total. The number of hydrogen-bond acceptors (Lipinski definition) is 3. The summed E-state index contributed by atoms with van der Waals surface area (Å²) in [5.41, 5.74) is 1.96. The van der Waals surface area contributed by atoms with E-state index in [0.29, 0.717) is 19.5 Å². The van der Waals surface area contributed by atoms with Crippen molar-refractivity contribution in [2.75, 3.05) is 25.1 Å². The molecular weight excluding hydrogens is 340 g/mol. The minimum Gasteiger partial charge on any atom is -0.496 e. The molecule has 5 heteroatoms. The van der Waals surface area contributed by atoms with Gasteiger partial charge in [0, 0.05) is 18.8 Å². The van der Waals surface area contributed by atoms with E-state index in [0.717, 1.165) is 29.0 Å². The molecular formula is C22H26N2O3. The van der Waals surface area contributed by atoms with Gasteiger partial charge in [-0.05, 0) is 49.9 Å². The van der Waals surface area contributed by atoms with E-state index in [9.17, 15) is 9.59 Å². The minimum atomic E-state index is -1.13. The fourth-order valence-corrected chi connectivity index (χ4v) is 3.42. The minimum absolute atomic E-state index is 0.165. The van der Waals surface area contributed by atoms with Gasteiger partial charge in [0.25, 0.3) is 0 Å². The third-order valence-electron chi connectivity index (χ3n) is 5.11. The molecule has 142 valence electrons. The zero-order valence-electron chi connectivity index (χ0n) is 16.1. The van der Waals surface area contributed by atoms with Crippen molar-refractivity contribution in [2.45, 2.75) is 26.7 Å². The summed E-state index contributed by atoms with van der Waals surface area (Å²) in [4.78, 5) is 27.5. The van der Waals surface area contributed by atoms with Gasteiger partial charge < -0.3 is 15.0 Å². The van der Waals surface area contributed by atoms with Crippen molar-refractivity contribution >= 4 is 17.5 Å². The Morgan fingerprint density at radius 1 is 1.11 bits per heavy atom. The highest BCUT2D eigenvalue weighted by Gasteiger charge is 2.41. The molecule has 0 aromatic heterocycles. The van der Waals surface area contributed by atoms with Crippen LogP contribution in [0.5, 0.6) is 5.75 Å².